The molecule has 11 nitrogen and oxygen atoms in total. The van der Waals surface area contributed by atoms with E-state index in [9.17, 15) is 29.4 Å². The van der Waals surface area contributed by atoms with Crippen molar-refractivity contribution in [3.8, 4) is 5.75 Å². The number of unbranched alkanes of at least 4 members (excludes halogenated alkanes) is 2. The van der Waals surface area contributed by atoms with Gasteiger partial charge in [0.2, 0.25) is 5.91 Å². The minimum atomic E-state index is -1.98. The van der Waals surface area contributed by atoms with Crippen molar-refractivity contribution in [2.75, 3.05) is 35.1 Å². The Morgan fingerprint density at radius 3 is 2.27 bits per heavy atom. The number of aliphatic hydroxyl groups excluding tert-OH is 5. The van der Waals surface area contributed by atoms with E-state index in [0.29, 0.717) is 29.2 Å². The molecule has 7 N–H and O–H groups in total. The van der Waals surface area contributed by atoms with Gasteiger partial charge in [0, 0.05) is 25.7 Å². The van der Waals surface area contributed by atoms with E-state index in [1.807, 2.05) is 19.9 Å². The first-order valence-corrected chi connectivity index (χ1v) is 14.4. The average Bonchev–Trinajstić information content (AvgIpc) is 2.90. The van der Waals surface area contributed by atoms with E-state index < -0.39 is 42.3 Å². The molecule has 0 saturated heterocycles. The molecular weight excluding hydrogens is 538 g/mol. The number of nitrogens with zero attached hydrogens (tertiary/aromatic N) is 1. The number of carbonyl (C=O) groups excluding carboxylic acids is 1. The Morgan fingerprint density at radius 1 is 0.975 bits per heavy atom. The predicted molar refractivity (Wildman–Crippen MR) is 157 cm³/mol. The molecule has 224 valence electrons. The van der Waals surface area contributed by atoms with Crippen molar-refractivity contribution in [2.24, 2.45) is 0 Å². The first kappa shape index (κ1) is 33.5. The molecule has 1 amide bonds. The second-order valence-corrected chi connectivity index (χ2v) is 10.9. The predicted octanol–water partition coefficient (Wildman–Crippen LogP) is 2.07. The van der Waals surface area contributed by atoms with Crippen molar-refractivity contribution in [3.05, 3.63) is 47.0 Å². The number of amides is 1. The minimum absolute atomic E-state index is 0.0721. The van der Waals surface area contributed by atoms with Crippen LogP contribution in [0, 0.1) is 20.8 Å². The Balaban J connectivity index is 2.08. The number of hydrogen-bond acceptors (Lipinski definition) is 9. The SMILES string of the molecule is CCCCCC(=O)Nc1cc(C)cc(C)c1OS(=O)Nc1ccc(N(C)CC(O)C(O)C(O)C(O)CO)cc1C. The van der Waals surface area contributed by atoms with Gasteiger partial charge < -0.3 is 39.9 Å². The maximum Gasteiger partial charge on any atom is 0.316 e. The number of nitrogens with one attached hydrogen (secondary N) is 2. The second-order valence-electron chi connectivity index (χ2n) is 10.1. The third kappa shape index (κ3) is 9.72. The Hall–Kier alpha value is -2.74. The minimum Gasteiger partial charge on any atom is -0.394 e. The lowest BCUT2D eigenvalue weighted by molar-refractivity contribution is -0.116. The van der Waals surface area contributed by atoms with Gasteiger partial charge in [-0.25, -0.2) is 0 Å². The third-order valence-electron chi connectivity index (χ3n) is 6.49. The summed E-state index contributed by atoms with van der Waals surface area (Å²) in [5, 5.41) is 51.5. The smallest absolute Gasteiger partial charge is 0.316 e. The van der Waals surface area contributed by atoms with Crippen LogP contribution in [-0.2, 0) is 16.1 Å². The van der Waals surface area contributed by atoms with Crippen LogP contribution in [0.5, 0.6) is 5.75 Å². The summed E-state index contributed by atoms with van der Waals surface area (Å²) < 4.78 is 21.5. The average molecular weight is 582 g/mol. The molecule has 5 atom stereocenters. The maximum atomic E-state index is 12.9. The zero-order valence-corrected chi connectivity index (χ0v) is 24.6. The maximum absolute atomic E-state index is 12.9. The van der Waals surface area contributed by atoms with Gasteiger partial charge in [0.05, 0.1) is 24.1 Å². The molecular formula is C28H43N3O8S. The molecule has 0 radical (unpaired) electrons. The van der Waals surface area contributed by atoms with E-state index in [4.69, 9.17) is 9.29 Å². The quantitative estimate of drug-likeness (QED) is 0.147. The molecule has 5 unspecified atom stereocenters. The Morgan fingerprint density at radius 2 is 1.65 bits per heavy atom. The fourth-order valence-corrected chi connectivity index (χ4v) is 4.97. The fourth-order valence-electron chi connectivity index (χ4n) is 4.15. The molecule has 0 aromatic heterocycles. The highest BCUT2D eigenvalue weighted by molar-refractivity contribution is 7.82. The van der Waals surface area contributed by atoms with Crippen LogP contribution in [0.15, 0.2) is 30.3 Å². The summed E-state index contributed by atoms with van der Waals surface area (Å²) in [7, 11) is 1.67. The highest BCUT2D eigenvalue weighted by Crippen LogP contribution is 2.32. The van der Waals surface area contributed by atoms with Crippen molar-refractivity contribution < 1.29 is 38.7 Å². The number of aryl methyl sites for hydroxylation is 3. The molecule has 2 aromatic rings. The lowest BCUT2D eigenvalue weighted by Crippen LogP contribution is -2.49. The summed E-state index contributed by atoms with van der Waals surface area (Å²) in [6.45, 7) is 6.76. The molecule has 12 heteroatoms. The molecule has 0 aliphatic heterocycles. The monoisotopic (exact) mass is 581 g/mol. The Labute approximate surface area is 238 Å². The molecule has 0 aliphatic rings. The van der Waals surface area contributed by atoms with Gasteiger partial charge >= 0.3 is 11.3 Å². The van der Waals surface area contributed by atoms with Crippen LogP contribution < -0.4 is 19.1 Å². The van der Waals surface area contributed by atoms with Gasteiger partial charge in [-0.1, -0.05) is 25.8 Å². The number of hydrogen-bond donors (Lipinski definition) is 7. The summed E-state index contributed by atoms with van der Waals surface area (Å²) in [4.78, 5) is 14.1. The fraction of sp³-hybridized carbons (Fsp3) is 0.536. The van der Waals surface area contributed by atoms with E-state index in [1.165, 1.54) is 0 Å². The molecule has 2 rings (SSSR count). The van der Waals surface area contributed by atoms with E-state index in [-0.39, 0.29) is 12.5 Å². The van der Waals surface area contributed by atoms with E-state index in [2.05, 4.69) is 17.0 Å². The molecule has 0 bridgehead atoms. The zero-order valence-electron chi connectivity index (χ0n) is 23.8. The summed E-state index contributed by atoms with van der Waals surface area (Å²) in [5.74, 6) is 0.185. The lowest BCUT2D eigenvalue weighted by Gasteiger charge is -2.29. The molecule has 0 fully saturated rings. The van der Waals surface area contributed by atoms with Gasteiger partial charge in [0.15, 0.2) is 5.75 Å². The van der Waals surface area contributed by atoms with Crippen LogP contribution in [0.1, 0.15) is 49.3 Å². The second kappa shape index (κ2) is 15.9. The first-order chi connectivity index (χ1) is 18.9. The highest BCUT2D eigenvalue weighted by Gasteiger charge is 2.30. The van der Waals surface area contributed by atoms with Crippen molar-refractivity contribution in [1.82, 2.24) is 0 Å². The summed E-state index contributed by atoms with van der Waals surface area (Å²) in [6, 6.07) is 8.83. The largest absolute Gasteiger partial charge is 0.394 e. The Kier molecular flexibility index (Phi) is 13.3. The van der Waals surface area contributed by atoms with Crippen LogP contribution in [0.2, 0.25) is 0 Å². The first-order valence-electron chi connectivity index (χ1n) is 13.3. The van der Waals surface area contributed by atoms with E-state index in [1.54, 1.807) is 43.1 Å². The normalized spacial score (nSPS) is 15.1. The van der Waals surface area contributed by atoms with Crippen LogP contribution in [-0.4, -0.2) is 80.3 Å². The topological polar surface area (TPSA) is 172 Å². The van der Waals surface area contributed by atoms with Crippen molar-refractivity contribution >= 4 is 34.2 Å². The highest BCUT2D eigenvalue weighted by atomic mass is 32.2. The lowest BCUT2D eigenvalue weighted by atomic mass is 10.0. The number of anilines is 3. The van der Waals surface area contributed by atoms with Gasteiger partial charge in [-0.15, -0.1) is 0 Å². The molecule has 0 spiro atoms. The number of benzene rings is 2. The number of carbonyl (C=O) groups is 1. The third-order valence-corrected chi connectivity index (χ3v) is 7.19. The van der Waals surface area contributed by atoms with Crippen LogP contribution in [0.25, 0.3) is 0 Å². The van der Waals surface area contributed by atoms with Gasteiger partial charge in [0.1, 0.15) is 18.3 Å². The molecule has 0 saturated carbocycles. The Bertz CT molecular complexity index is 1150. The van der Waals surface area contributed by atoms with Crippen molar-refractivity contribution in [3.63, 3.8) is 0 Å². The van der Waals surface area contributed by atoms with Gasteiger partial charge in [-0.05, 0) is 68.1 Å². The summed E-state index contributed by atoms with van der Waals surface area (Å²) in [6.07, 6.45) is -3.19. The van der Waals surface area contributed by atoms with Crippen molar-refractivity contribution in [2.45, 2.75) is 77.8 Å². The molecule has 0 heterocycles. The van der Waals surface area contributed by atoms with Gasteiger partial charge in [-0.2, -0.15) is 4.21 Å². The van der Waals surface area contributed by atoms with Crippen LogP contribution in [0.4, 0.5) is 17.1 Å². The van der Waals surface area contributed by atoms with Gasteiger partial charge in [-0.3, -0.25) is 9.52 Å². The van der Waals surface area contributed by atoms with E-state index in [0.717, 1.165) is 36.0 Å². The zero-order chi connectivity index (χ0) is 30.0. The summed E-state index contributed by atoms with van der Waals surface area (Å²) in [5.41, 5.74) is 4.04. The number of rotatable bonds is 16. The molecule has 2 aromatic carbocycles. The number of likely N-dealkylation sites (N-methyl/N-ethyl adjacent to an activating group) is 1. The standard InChI is InChI=1S/C28H43N3O8S/c1-6-7-8-9-25(35)29-22-13-17(2)12-19(4)28(22)39-40(38)30-21-11-10-20(14-18(21)3)31(5)15-23(33)26(36)27(37)24(34)16-32/h10-14,23-24,26-27,30,32-34,36-37H,6-9,15-16H2,1-5H3,(H,29,35). The van der Waals surface area contributed by atoms with Crippen LogP contribution >= 0.6 is 0 Å². The summed E-state index contributed by atoms with van der Waals surface area (Å²) >= 11 is -1.98. The molecule has 40 heavy (non-hydrogen) atoms. The number of aliphatic hydroxyl groups is 5. The van der Waals surface area contributed by atoms with Crippen molar-refractivity contribution in [1.29, 1.82) is 0 Å². The van der Waals surface area contributed by atoms with Gasteiger partial charge in [0.25, 0.3) is 0 Å². The van der Waals surface area contributed by atoms with E-state index >= 15 is 0 Å². The van der Waals surface area contributed by atoms with Crippen LogP contribution in [0.3, 0.4) is 0 Å². The molecule has 0 aliphatic carbocycles.